The van der Waals surface area contributed by atoms with Crippen molar-refractivity contribution in [2.24, 2.45) is 0 Å². The first-order valence-electron chi connectivity index (χ1n) is 11.2. The molecule has 0 atom stereocenters. The van der Waals surface area contributed by atoms with Crippen LogP contribution in [0.5, 0.6) is 5.75 Å². The van der Waals surface area contributed by atoms with Crippen molar-refractivity contribution in [3.63, 3.8) is 0 Å². The molecule has 0 bridgehead atoms. The fraction of sp³-hybridized carbons (Fsp3) is 0.308. The number of ether oxygens (including phenoxy) is 1. The van der Waals surface area contributed by atoms with Crippen molar-refractivity contribution < 1.29 is 9.53 Å². The number of pyridine rings is 1. The smallest absolute Gasteiger partial charge is 0.240 e. The minimum Gasteiger partial charge on any atom is -0.491 e. The van der Waals surface area contributed by atoms with Gasteiger partial charge in [0.1, 0.15) is 6.54 Å². The van der Waals surface area contributed by atoms with E-state index in [9.17, 15) is 9.59 Å². The van der Waals surface area contributed by atoms with E-state index in [-0.39, 0.29) is 23.6 Å². The zero-order chi connectivity index (χ0) is 23.0. The Hall–Kier alpha value is -3.58. The van der Waals surface area contributed by atoms with Crippen LogP contribution in [0.2, 0.25) is 0 Å². The van der Waals surface area contributed by atoms with Crippen LogP contribution >= 0.6 is 0 Å². The number of nitrogens with zero attached hydrogens (tertiary/aromatic N) is 3. The molecule has 0 radical (unpaired) electrons. The summed E-state index contributed by atoms with van der Waals surface area (Å²) < 4.78 is 7.04. The molecule has 7 heteroatoms. The number of anilines is 1. The van der Waals surface area contributed by atoms with Crippen LogP contribution in [0.1, 0.15) is 11.3 Å². The molecule has 33 heavy (non-hydrogen) atoms. The highest BCUT2D eigenvalue weighted by Gasteiger charge is 2.19. The van der Waals surface area contributed by atoms with E-state index in [2.05, 4.69) is 39.4 Å². The quantitative estimate of drug-likeness (QED) is 0.576. The molecular formula is C26H30N4O3. The maximum absolute atomic E-state index is 12.6. The summed E-state index contributed by atoms with van der Waals surface area (Å²) in [6.45, 7) is 4.80. The molecule has 3 aromatic rings. The molecular weight excluding hydrogens is 416 g/mol. The van der Waals surface area contributed by atoms with Crippen molar-refractivity contribution >= 4 is 11.6 Å². The summed E-state index contributed by atoms with van der Waals surface area (Å²) in [5, 5.41) is 2.96. The fourth-order valence-electron chi connectivity index (χ4n) is 4.07. The Morgan fingerprint density at radius 2 is 1.64 bits per heavy atom. The number of piperazine rings is 1. The number of amides is 1. The lowest BCUT2D eigenvalue weighted by Gasteiger charge is -2.36. The summed E-state index contributed by atoms with van der Waals surface area (Å²) in [4.78, 5) is 29.8. The van der Waals surface area contributed by atoms with E-state index >= 15 is 0 Å². The highest BCUT2D eigenvalue weighted by atomic mass is 16.5. The Morgan fingerprint density at radius 1 is 0.970 bits per heavy atom. The van der Waals surface area contributed by atoms with Crippen molar-refractivity contribution in [1.82, 2.24) is 14.8 Å². The number of benzene rings is 2. The van der Waals surface area contributed by atoms with Crippen LogP contribution in [0.3, 0.4) is 0 Å². The van der Waals surface area contributed by atoms with Gasteiger partial charge in [0.05, 0.1) is 13.3 Å². The van der Waals surface area contributed by atoms with E-state index in [1.165, 1.54) is 12.8 Å². The zero-order valence-corrected chi connectivity index (χ0v) is 18.9. The van der Waals surface area contributed by atoms with E-state index in [0.717, 1.165) is 37.4 Å². The highest BCUT2D eigenvalue weighted by molar-refractivity contribution is 5.75. The largest absolute Gasteiger partial charge is 0.491 e. The molecule has 0 unspecified atom stereocenters. The number of rotatable bonds is 8. The standard InChI is InChI=1S/C26H30N4O3/c1-33-25-19-30(20-26(32)27-17-21-8-4-2-5-9-21)23(16-24(25)31)18-28-12-14-29(15-13-28)22-10-6-3-7-11-22/h2-11,16,19H,12-15,17-18,20H2,1H3,(H,27,32). The van der Waals surface area contributed by atoms with Gasteiger partial charge in [0.25, 0.3) is 0 Å². The summed E-state index contributed by atoms with van der Waals surface area (Å²) >= 11 is 0. The molecule has 1 amide bonds. The van der Waals surface area contributed by atoms with E-state index in [1.807, 2.05) is 41.0 Å². The third kappa shape index (κ3) is 6.02. The Kier molecular flexibility index (Phi) is 7.42. The van der Waals surface area contributed by atoms with E-state index in [0.29, 0.717) is 13.1 Å². The third-order valence-corrected chi connectivity index (χ3v) is 5.93. The average molecular weight is 447 g/mol. The van der Waals surface area contributed by atoms with Crippen LogP contribution in [0, 0.1) is 0 Å². The number of hydrogen-bond donors (Lipinski definition) is 1. The summed E-state index contributed by atoms with van der Waals surface area (Å²) in [6.07, 6.45) is 1.64. The molecule has 172 valence electrons. The van der Waals surface area contributed by atoms with Gasteiger partial charge in [-0.3, -0.25) is 14.5 Å². The monoisotopic (exact) mass is 446 g/mol. The number of carbonyl (C=O) groups excluding carboxylic acids is 1. The molecule has 1 fully saturated rings. The number of para-hydroxylation sites is 1. The summed E-state index contributed by atoms with van der Waals surface area (Å²) in [6, 6.07) is 21.8. The molecule has 1 N–H and O–H groups in total. The predicted octanol–water partition coefficient (Wildman–Crippen LogP) is 2.50. The lowest BCUT2D eigenvalue weighted by Crippen LogP contribution is -2.46. The van der Waals surface area contributed by atoms with Crippen molar-refractivity contribution in [3.05, 3.63) is 94.4 Å². The molecule has 1 aromatic heterocycles. The number of aromatic nitrogens is 1. The van der Waals surface area contributed by atoms with Crippen LogP contribution < -0.4 is 20.4 Å². The van der Waals surface area contributed by atoms with Gasteiger partial charge in [-0.1, -0.05) is 48.5 Å². The fourth-order valence-corrected chi connectivity index (χ4v) is 4.07. The number of hydrogen-bond acceptors (Lipinski definition) is 5. The first kappa shape index (κ1) is 22.6. The van der Waals surface area contributed by atoms with Crippen LogP contribution in [0.25, 0.3) is 0 Å². The topological polar surface area (TPSA) is 66.8 Å². The summed E-state index contributed by atoms with van der Waals surface area (Å²) in [7, 11) is 1.47. The maximum Gasteiger partial charge on any atom is 0.240 e. The Labute approximate surface area is 194 Å². The van der Waals surface area contributed by atoms with Gasteiger partial charge >= 0.3 is 0 Å². The number of methoxy groups -OCH3 is 1. The van der Waals surface area contributed by atoms with E-state index in [1.54, 1.807) is 12.3 Å². The molecule has 0 aliphatic carbocycles. The Morgan fingerprint density at radius 3 is 2.30 bits per heavy atom. The predicted molar refractivity (Wildman–Crippen MR) is 129 cm³/mol. The van der Waals surface area contributed by atoms with Gasteiger partial charge in [-0.2, -0.15) is 0 Å². The number of nitrogens with one attached hydrogen (secondary N) is 1. The maximum atomic E-state index is 12.6. The van der Waals surface area contributed by atoms with Gasteiger partial charge in [-0.05, 0) is 17.7 Å². The zero-order valence-electron chi connectivity index (χ0n) is 18.9. The lowest BCUT2D eigenvalue weighted by atomic mass is 10.2. The molecule has 4 rings (SSSR count). The van der Waals surface area contributed by atoms with Gasteiger partial charge in [0.15, 0.2) is 5.75 Å². The molecule has 1 aliphatic rings. The second-order valence-electron chi connectivity index (χ2n) is 8.19. The van der Waals surface area contributed by atoms with Gasteiger partial charge < -0.3 is 19.5 Å². The molecule has 7 nitrogen and oxygen atoms in total. The third-order valence-electron chi connectivity index (χ3n) is 5.93. The molecule has 2 heterocycles. The second kappa shape index (κ2) is 10.8. The van der Waals surface area contributed by atoms with Crippen LogP contribution in [-0.2, 0) is 24.4 Å². The minimum absolute atomic E-state index is 0.111. The van der Waals surface area contributed by atoms with Crippen molar-refractivity contribution in [3.8, 4) is 5.75 Å². The Balaban J connectivity index is 1.41. The van der Waals surface area contributed by atoms with Gasteiger partial charge in [0, 0.05) is 56.7 Å². The average Bonchev–Trinajstić information content (AvgIpc) is 2.86. The SMILES string of the molecule is COc1cn(CC(=O)NCc2ccccc2)c(CN2CCN(c3ccccc3)CC2)cc1=O. The van der Waals surface area contributed by atoms with Gasteiger partial charge in [-0.25, -0.2) is 0 Å². The van der Waals surface area contributed by atoms with E-state index in [4.69, 9.17) is 4.74 Å². The van der Waals surface area contributed by atoms with E-state index < -0.39 is 0 Å². The van der Waals surface area contributed by atoms with Crippen LogP contribution in [0.15, 0.2) is 77.7 Å². The normalized spacial score (nSPS) is 14.2. The van der Waals surface area contributed by atoms with Crippen molar-refractivity contribution in [1.29, 1.82) is 0 Å². The first-order chi connectivity index (χ1) is 16.1. The molecule has 0 spiro atoms. The van der Waals surface area contributed by atoms with Crippen LogP contribution in [0.4, 0.5) is 5.69 Å². The molecule has 2 aromatic carbocycles. The Bertz CT molecular complexity index is 1110. The lowest BCUT2D eigenvalue weighted by molar-refractivity contribution is -0.121. The minimum atomic E-state index is -0.170. The molecule has 1 aliphatic heterocycles. The highest BCUT2D eigenvalue weighted by Crippen LogP contribution is 2.17. The van der Waals surface area contributed by atoms with Crippen molar-refractivity contribution in [2.45, 2.75) is 19.6 Å². The number of carbonyl (C=O) groups is 1. The summed E-state index contributed by atoms with van der Waals surface area (Å²) in [5.74, 6) is 0.128. The van der Waals surface area contributed by atoms with Gasteiger partial charge in [0.2, 0.25) is 11.3 Å². The van der Waals surface area contributed by atoms with Gasteiger partial charge in [-0.15, -0.1) is 0 Å². The first-order valence-corrected chi connectivity index (χ1v) is 11.2. The molecule has 1 saturated heterocycles. The van der Waals surface area contributed by atoms with Crippen LogP contribution in [-0.4, -0.2) is 48.7 Å². The van der Waals surface area contributed by atoms with Crippen molar-refractivity contribution in [2.75, 3.05) is 38.2 Å². The second-order valence-corrected chi connectivity index (χ2v) is 8.19. The molecule has 0 saturated carbocycles. The summed E-state index contributed by atoms with van der Waals surface area (Å²) in [5.41, 5.74) is 2.91.